The predicted octanol–water partition coefficient (Wildman–Crippen LogP) is 1.94. The van der Waals surface area contributed by atoms with Crippen molar-refractivity contribution in [3.63, 3.8) is 0 Å². The first kappa shape index (κ1) is 21.1. The zero-order chi connectivity index (χ0) is 16.6. The third kappa shape index (κ3) is 14.1. The van der Waals surface area contributed by atoms with Crippen molar-refractivity contribution >= 4 is 35.6 Å². The maximum absolute atomic E-state index is 11.3. The van der Waals surface area contributed by atoms with E-state index in [2.05, 4.69) is 11.9 Å². The van der Waals surface area contributed by atoms with Crippen molar-refractivity contribution < 1.29 is 23.8 Å². The molecule has 0 rings (SSSR count). The first-order valence-corrected chi connectivity index (χ1v) is 9.26. The van der Waals surface area contributed by atoms with Crippen molar-refractivity contribution in [2.24, 2.45) is 0 Å². The third-order valence-electron chi connectivity index (χ3n) is 2.22. The van der Waals surface area contributed by atoms with Gasteiger partial charge in [-0.1, -0.05) is 6.58 Å². The van der Waals surface area contributed by atoms with Crippen molar-refractivity contribution in [1.29, 1.82) is 0 Å². The fourth-order valence-electron chi connectivity index (χ4n) is 1.13. The number of nitrogens with one attached hydrogen (secondary N) is 1. The summed E-state index contributed by atoms with van der Waals surface area (Å²) in [6.45, 7) is 6.50. The average Bonchev–Trinajstić information content (AvgIpc) is 2.49. The van der Waals surface area contributed by atoms with Crippen LogP contribution in [0.3, 0.4) is 0 Å². The van der Waals surface area contributed by atoms with Gasteiger partial charge in [0.05, 0.1) is 13.2 Å². The van der Waals surface area contributed by atoms with Gasteiger partial charge in [-0.05, 0) is 6.92 Å². The number of carbonyl (C=O) groups is 2. The second-order valence-corrected chi connectivity index (χ2v) is 6.65. The summed E-state index contributed by atoms with van der Waals surface area (Å²) in [6, 6.07) is 0. The Balaban J connectivity index is 3.29. The number of alkyl carbamates (subject to hydrolysis) is 1. The van der Waals surface area contributed by atoms with Crippen LogP contribution < -0.4 is 5.32 Å². The van der Waals surface area contributed by atoms with Crippen molar-refractivity contribution in [1.82, 2.24) is 5.32 Å². The normalized spacial score (nSPS) is 10.1. The molecule has 0 aromatic carbocycles. The Hall–Kier alpha value is -0.860. The van der Waals surface area contributed by atoms with Crippen molar-refractivity contribution in [2.45, 2.75) is 6.92 Å². The van der Waals surface area contributed by atoms with E-state index in [0.29, 0.717) is 12.2 Å². The molecule has 0 fully saturated rings. The topological polar surface area (TPSA) is 73.9 Å². The molecule has 0 aromatic heterocycles. The second kappa shape index (κ2) is 15.1. The highest BCUT2D eigenvalue weighted by Crippen LogP contribution is 2.06. The molecule has 128 valence electrons. The summed E-state index contributed by atoms with van der Waals surface area (Å²) in [7, 11) is 1.70. The Morgan fingerprint density at radius 1 is 1.00 bits per heavy atom. The van der Waals surface area contributed by atoms with E-state index >= 15 is 0 Å². The Kier molecular flexibility index (Phi) is 14.5. The van der Waals surface area contributed by atoms with Gasteiger partial charge in [0.15, 0.2) is 0 Å². The number of rotatable bonds is 13. The third-order valence-corrected chi connectivity index (χ3v) is 4.37. The molecule has 0 aromatic rings. The molecule has 0 spiro atoms. The molecular formula is C14H25NO5S2. The van der Waals surface area contributed by atoms with Crippen molar-refractivity contribution in [3.05, 3.63) is 12.2 Å². The van der Waals surface area contributed by atoms with Gasteiger partial charge in [0.25, 0.3) is 0 Å². The van der Waals surface area contributed by atoms with Gasteiger partial charge < -0.3 is 19.5 Å². The van der Waals surface area contributed by atoms with Crippen LogP contribution in [0.1, 0.15) is 6.92 Å². The summed E-state index contributed by atoms with van der Waals surface area (Å²) in [4.78, 5) is 22.4. The molecular weight excluding hydrogens is 326 g/mol. The van der Waals surface area contributed by atoms with Gasteiger partial charge in [-0.2, -0.15) is 23.5 Å². The Bertz CT molecular complexity index is 339. The van der Waals surface area contributed by atoms with Crippen LogP contribution >= 0.6 is 23.5 Å². The minimum absolute atomic E-state index is 0.105. The number of thioether (sulfide) groups is 2. The summed E-state index contributed by atoms with van der Waals surface area (Å²) in [6.07, 6.45) is -0.499. The Labute approximate surface area is 140 Å². The van der Waals surface area contributed by atoms with Crippen LogP contribution in [-0.2, 0) is 19.0 Å². The van der Waals surface area contributed by atoms with Crippen LogP contribution in [0.15, 0.2) is 12.2 Å². The smallest absolute Gasteiger partial charge is 0.407 e. The first-order valence-electron chi connectivity index (χ1n) is 6.95. The first-order chi connectivity index (χ1) is 10.6. The lowest BCUT2D eigenvalue weighted by atomic mass is 10.4. The van der Waals surface area contributed by atoms with Crippen LogP contribution in [0.25, 0.3) is 0 Å². The van der Waals surface area contributed by atoms with Gasteiger partial charge >= 0.3 is 12.1 Å². The average molecular weight is 351 g/mol. The molecule has 0 aliphatic carbocycles. The van der Waals surface area contributed by atoms with Crippen LogP contribution in [0, 0.1) is 0 Å². The van der Waals surface area contributed by atoms with E-state index in [-0.39, 0.29) is 13.2 Å². The van der Waals surface area contributed by atoms with Crippen LogP contribution in [0.2, 0.25) is 0 Å². The quantitative estimate of drug-likeness (QED) is 0.309. The highest BCUT2D eigenvalue weighted by atomic mass is 32.2. The van der Waals surface area contributed by atoms with Gasteiger partial charge in [0, 0.05) is 35.7 Å². The lowest BCUT2D eigenvalue weighted by molar-refractivity contribution is -0.138. The zero-order valence-corrected chi connectivity index (χ0v) is 14.9. The zero-order valence-electron chi connectivity index (χ0n) is 13.2. The van der Waals surface area contributed by atoms with E-state index in [1.807, 2.05) is 11.8 Å². The maximum atomic E-state index is 11.3. The number of ether oxygens (including phenoxy) is 3. The molecule has 1 N–H and O–H groups in total. The number of methoxy groups -OCH3 is 1. The lowest BCUT2D eigenvalue weighted by Gasteiger charge is -2.07. The Morgan fingerprint density at radius 3 is 2.23 bits per heavy atom. The standard InChI is InChI=1S/C14H25NO5S2/c1-12(2)13(16)19-5-4-15-14(17)20-7-9-22-11-10-21-8-6-18-3/h1,4-11H2,2-3H3,(H,15,17). The van der Waals surface area contributed by atoms with Gasteiger partial charge in [-0.15, -0.1) is 0 Å². The molecule has 0 aliphatic heterocycles. The molecule has 0 aliphatic rings. The summed E-state index contributed by atoms with van der Waals surface area (Å²) < 4.78 is 14.8. The van der Waals surface area contributed by atoms with E-state index in [9.17, 15) is 9.59 Å². The summed E-state index contributed by atoms with van der Waals surface area (Å²) >= 11 is 3.59. The minimum Gasteiger partial charge on any atom is -0.460 e. The molecule has 0 unspecified atom stereocenters. The largest absolute Gasteiger partial charge is 0.460 e. The molecule has 0 saturated carbocycles. The molecule has 6 nitrogen and oxygen atoms in total. The molecule has 0 radical (unpaired) electrons. The lowest BCUT2D eigenvalue weighted by Crippen LogP contribution is -2.29. The van der Waals surface area contributed by atoms with E-state index in [4.69, 9.17) is 14.2 Å². The molecule has 0 bridgehead atoms. The van der Waals surface area contributed by atoms with E-state index in [1.54, 1.807) is 25.8 Å². The van der Waals surface area contributed by atoms with Gasteiger partial charge in [-0.3, -0.25) is 0 Å². The maximum Gasteiger partial charge on any atom is 0.407 e. The monoisotopic (exact) mass is 351 g/mol. The fourth-order valence-corrected chi connectivity index (χ4v) is 2.97. The van der Waals surface area contributed by atoms with Crippen LogP contribution in [-0.4, -0.2) is 68.5 Å². The van der Waals surface area contributed by atoms with Crippen molar-refractivity contribution in [2.75, 3.05) is 56.5 Å². The van der Waals surface area contributed by atoms with E-state index in [0.717, 1.165) is 29.6 Å². The van der Waals surface area contributed by atoms with Gasteiger partial charge in [0.1, 0.15) is 13.2 Å². The molecule has 8 heteroatoms. The Morgan fingerprint density at radius 2 is 1.64 bits per heavy atom. The molecule has 0 atom stereocenters. The highest BCUT2D eigenvalue weighted by molar-refractivity contribution is 8.02. The van der Waals surface area contributed by atoms with Crippen LogP contribution in [0.5, 0.6) is 0 Å². The number of amides is 1. The summed E-state index contributed by atoms with van der Waals surface area (Å²) in [5, 5.41) is 2.51. The van der Waals surface area contributed by atoms with Gasteiger partial charge in [-0.25, -0.2) is 9.59 Å². The second-order valence-electron chi connectivity index (χ2n) is 4.20. The predicted molar refractivity (Wildman–Crippen MR) is 91.6 cm³/mol. The number of hydrogen-bond donors (Lipinski definition) is 1. The molecule has 22 heavy (non-hydrogen) atoms. The van der Waals surface area contributed by atoms with E-state index in [1.165, 1.54) is 0 Å². The van der Waals surface area contributed by atoms with Gasteiger partial charge in [0.2, 0.25) is 0 Å². The summed E-state index contributed by atoms with van der Waals surface area (Å²) in [5.74, 6) is 3.40. The van der Waals surface area contributed by atoms with Crippen LogP contribution in [0.4, 0.5) is 4.79 Å². The molecule has 0 saturated heterocycles. The minimum atomic E-state index is -0.499. The van der Waals surface area contributed by atoms with Crippen molar-refractivity contribution in [3.8, 4) is 0 Å². The SMILES string of the molecule is C=C(C)C(=O)OCCNC(=O)OCCSCCSCCOC. The molecule has 0 heterocycles. The number of esters is 1. The molecule has 1 amide bonds. The fraction of sp³-hybridized carbons (Fsp3) is 0.714. The highest BCUT2D eigenvalue weighted by Gasteiger charge is 2.04. The number of hydrogen-bond acceptors (Lipinski definition) is 7. The van der Waals surface area contributed by atoms with E-state index < -0.39 is 12.1 Å². The summed E-state index contributed by atoms with van der Waals surface area (Å²) in [5.41, 5.74) is 0.333. The number of carbonyl (C=O) groups excluding carboxylic acids is 2.